The molecule has 2 aromatic rings. The molecule has 0 aliphatic heterocycles. The molecule has 0 atom stereocenters. The average Bonchev–Trinajstić information content (AvgIpc) is 2.49. The highest BCUT2D eigenvalue weighted by Gasteiger charge is 2.20. The Bertz CT molecular complexity index is 470. The molecule has 0 fully saturated rings. The molecule has 14 heavy (non-hydrogen) atoms. The second kappa shape index (κ2) is 2.60. The number of rotatable bonds is 1. The molecule has 0 aliphatic rings. The quantitative estimate of drug-likeness (QED) is 0.737. The number of nitrogens with zero attached hydrogens (tertiary/aromatic N) is 3. The maximum atomic E-state index is 6.06. The molecule has 4 nitrogen and oxygen atoms in total. The Morgan fingerprint density at radius 1 is 1.36 bits per heavy atom. The topological polar surface area (TPSA) is 48.2 Å². The lowest BCUT2D eigenvalue weighted by atomic mass is 10.0. The van der Waals surface area contributed by atoms with Crippen molar-refractivity contribution in [1.82, 2.24) is 14.0 Å². The number of fused-ring (bicyclic) bond motifs is 1. The molecule has 0 unspecified atom stereocenters. The van der Waals surface area contributed by atoms with E-state index in [2.05, 4.69) is 4.98 Å². The van der Waals surface area contributed by atoms with Crippen molar-refractivity contribution in [2.45, 2.75) is 26.3 Å². The van der Waals surface area contributed by atoms with Gasteiger partial charge in [0.15, 0.2) is 0 Å². The summed E-state index contributed by atoms with van der Waals surface area (Å²) in [6.07, 6.45) is 4.04. The molecular formula is C10H16N4. The van der Waals surface area contributed by atoms with Gasteiger partial charge in [-0.25, -0.2) is 4.98 Å². The molecule has 0 bridgehead atoms. The number of hydrogen-bond donors (Lipinski definition) is 1. The molecule has 0 radical (unpaired) electrons. The van der Waals surface area contributed by atoms with Crippen molar-refractivity contribution >= 4 is 5.78 Å². The summed E-state index contributed by atoms with van der Waals surface area (Å²) >= 11 is 0. The first kappa shape index (κ1) is 9.27. The van der Waals surface area contributed by atoms with Crippen LogP contribution in [0.4, 0.5) is 0 Å². The molecule has 0 saturated heterocycles. The number of imidazole rings is 2. The van der Waals surface area contributed by atoms with Gasteiger partial charge in [-0.2, -0.15) is 0 Å². The van der Waals surface area contributed by atoms with Crippen molar-refractivity contribution in [1.29, 1.82) is 0 Å². The van der Waals surface area contributed by atoms with Crippen LogP contribution in [0.25, 0.3) is 5.78 Å². The molecule has 2 heterocycles. The molecule has 0 aromatic carbocycles. The fourth-order valence-corrected chi connectivity index (χ4v) is 1.77. The smallest absolute Gasteiger partial charge is 0.214 e. The fraction of sp³-hybridized carbons (Fsp3) is 0.500. The Hall–Kier alpha value is -1.29. The van der Waals surface area contributed by atoms with Gasteiger partial charge in [0, 0.05) is 19.4 Å². The zero-order valence-electron chi connectivity index (χ0n) is 9.07. The Kier molecular flexibility index (Phi) is 1.72. The van der Waals surface area contributed by atoms with Crippen molar-refractivity contribution in [3.8, 4) is 0 Å². The predicted molar refractivity (Wildman–Crippen MR) is 56.1 cm³/mol. The summed E-state index contributed by atoms with van der Waals surface area (Å²) < 4.78 is 4.05. The van der Waals surface area contributed by atoms with Crippen molar-refractivity contribution in [2.24, 2.45) is 12.8 Å². The normalized spacial score (nSPS) is 12.6. The van der Waals surface area contributed by atoms with E-state index in [9.17, 15) is 0 Å². The third-order valence-electron chi connectivity index (χ3n) is 2.42. The molecular weight excluding hydrogens is 176 g/mol. The lowest BCUT2D eigenvalue weighted by molar-refractivity contribution is 0.515. The van der Waals surface area contributed by atoms with Crippen LogP contribution in [0.3, 0.4) is 0 Å². The van der Waals surface area contributed by atoms with Crippen LogP contribution in [0.1, 0.15) is 25.2 Å². The molecule has 4 heteroatoms. The summed E-state index contributed by atoms with van der Waals surface area (Å²) in [4.78, 5) is 4.42. The second-order valence-corrected chi connectivity index (χ2v) is 4.38. The Balaban J connectivity index is 2.70. The fourth-order valence-electron chi connectivity index (χ4n) is 1.77. The number of hydrogen-bond acceptors (Lipinski definition) is 2. The van der Waals surface area contributed by atoms with Gasteiger partial charge >= 0.3 is 0 Å². The Morgan fingerprint density at radius 3 is 2.50 bits per heavy atom. The minimum atomic E-state index is -0.330. The predicted octanol–water partition coefficient (Wildman–Crippen LogP) is 1.18. The van der Waals surface area contributed by atoms with Gasteiger partial charge in [0.25, 0.3) is 0 Å². The standard InChI is InChI=1S/C10H16N4/c1-7-5-14-6-8(10(2,3)11)13(4)9(14)12-7/h5-6H,11H2,1-4H3. The molecule has 0 amide bonds. The Morgan fingerprint density at radius 2 is 2.00 bits per heavy atom. The lowest BCUT2D eigenvalue weighted by Crippen LogP contribution is -2.31. The SMILES string of the molecule is Cc1cn2cc(C(C)(C)N)n(C)c2n1. The number of aromatic nitrogens is 3. The van der Waals surface area contributed by atoms with Gasteiger partial charge in [0.05, 0.1) is 16.9 Å². The van der Waals surface area contributed by atoms with E-state index in [1.54, 1.807) is 0 Å². The molecule has 0 aliphatic carbocycles. The zero-order valence-corrected chi connectivity index (χ0v) is 9.07. The van der Waals surface area contributed by atoms with Gasteiger partial charge < -0.3 is 10.3 Å². The summed E-state index contributed by atoms with van der Waals surface area (Å²) in [6.45, 7) is 5.98. The summed E-state index contributed by atoms with van der Waals surface area (Å²) in [5.41, 5.74) is 7.84. The van der Waals surface area contributed by atoms with Crippen LogP contribution in [0.5, 0.6) is 0 Å². The number of aryl methyl sites for hydroxylation is 2. The summed E-state index contributed by atoms with van der Waals surface area (Å²) in [7, 11) is 1.99. The number of nitrogens with two attached hydrogens (primary N) is 1. The van der Waals surface area contributed by atoms with Crippen LogP contribution >= 0.6 is 0 Å². The molecule has 0 spiro atoms. The van der Waals surface area contributed by atoms with Crippen LogP contribution in [0.15, 0.2) is 12.4 Å². The minimum absolute atomic E-state index is 0.330. The first-order chi connectivity index (χ1) is 6.39. The maximum absolute atomic E-state index is 6.06. The van der Waals surface area contributed by atoms with Crippen LogP contribution in [0.2, 0.25) is 0 Å². The van der Waals surface area contributed by atoms with E-state index in [0.717, 1.165) is 17.2 Å². The molecule has 2 aromatic heterocycles. The monoisotopic (exact) mass is 192 g/mol. The first-order valence-electron chi connectivity index (χ1n) is 4.70. The van der Waals surface area contributed by atoms with Gasteiger partial charge in [0.1, 0.15) is 0 Å². The summed E-state index contributed by atoms with van der Waals surface area (Å²) in [6, 6.07) is 0. The summed E-state index contributed by atoms with van der Waals surface area (Å²) in [5, 5.41) is 0. The van der Waals surface area contributed by atoms with E-state index >= 15 is 0 Å². The first-order valence-corrected chi connectivity index (χ1v) is 4.70. The lowest BCUT2D eigenvalue weighted by Gasteiger charge is -2.18. The van der Waals surface area contributed by atoms with Crippen LogP contribution in [-0.4, -0.2) is 14.0 Å². The van der Waals surface area contributed by atoms with E-state index in [-0.39, 0.29) is 5.54 Å². The zero-order chi connectivity index (χ0) is 10.5. The Labute approximate surface area is 83.4 Å². The van der Waals surface area contributed by atoms with E-state index in [1.165, 1.54) is 0 Å². The van der Waals surface area contributed by atoms with Crippen LogP contribution in [-0.2, 0) is 12.6 Å². The highest BCUT2D eigenvalue weighted by molar-refractivity contribution is 5.37. The van der Waals surface area contributed by atoms with Gasteiger partial charge in [-0.05, 0) is 20.8 Å². The van der Waals surface area contributed by atoms with E-state index in [1.807, 2.05) is 49.2 Å². The molecule has 0 saturated carbocycles. The van der Waals surface area contributed by atoms with Crippen LogP contribution in [0, 0.1) is 6.92 Å². The molecule has 76 valence electrons. The largest absolute Gasteiger partial charge is 0.321 e. The minimum Gasteiger partial charge on any atom is -0.321 e. The third-order valence-corrected chi connectivity index (χ3v) is 2.42. The summed E-state index contributed by atoms with van der Waals surface area (Å²) in [5.74, 6) is 0.941. The van der Waals surface area contributed by atoms with Gasteiger partial charge in [0.2, 0.25) is 5.78 Å². The third kappa shape index (κ3) is 1.23. The van der Waals surface area contributed by atoms with E-state index < -0.39 is 0 Å². The average molecular weight is 192 g/mol. The maximum Gasteiger partial charge on any atom is 0.214 e. The second-order valence-electron chi connectivity index (χ2n) is 4.38. The highest BCUT2D eigenvalue weighted by atomic mass is 15.2. The van der Waals surface area contributed by atoms with Crippen molar-refractivity contribution in [3.63, 3.8) is 0 Å². The molecule has 2 N–H and O–H groups in total. The van der Waals surface area contributed by atoms with E-state index in [4.69, 9.17) is 5.73 Å². The van der Waals surface area contributed by atoms with Crippen molar-refractivity contribution < 1.29 is 0 Å². The van der Waals surface area contributed by atoms with Gasteiger partial charge in [-0.15, -0.1) is 0 Å². The van der Waals surface area contributed by atoms with Crippen LogP contribution < -0.4 is 5.73 Å². The highest BCUT2D eigenvalue weighted by Crippen LogP contribution is 2.19. The molecule has 2 rings (SSSR count). The van der Waals surface area contributed by atoms with Crippen molar-refractivity contribution in [2.75, 3.05) is 0 Å². The van der Waals surface area contributed by atoms with Gasteiger partial charge in [-0.3, -0.25) is 4.40 Å². The van der Waals surface area contributed by atoms with Crippen molar-refractivity contribution in [3.05, 3.63) is 23.8 Å². The van der Waals surface area contributed by atoms with E-state index in [0.29, 0.717) is 0 Å². The van der Waals surface area contributed by atoms with Gasteiger partial charge in [-0.1, -0.05) is 0 Å².